The third-order valence-electron chi connectivity index (χ3n) is 3.03. The van der Waals surface area contributed by atoms with Crippen LogP contribution in [0.15, 0.2) is 34.0 Å². The van der Waals surface area contributed by atoms with Crippen LogP contribution in [0.3, 0.4) is 0 Å². The van der Waals surface area contributed by atoms with Gasteiger partial charge in [0.25, 0.3) is 0 Å². The highest BCUT2D eigenvalue weighted by Crippen LogP contribution is 2.19. The number of nitrogens with zero attached hydrogens (tertiary/aromatic N) is 1. The largest absolute Gasteiger partial charge is 0.346 e. The van der Waals surface area contributed by atoms with Crippen molar-refractivity contribution in [2.75, 3.05) is 0 Å². The van der Waals surface area contributed by atoms with E-state index in [1.807, 2.05) is 35.2 Å². The molecule has 0 spiro atoms. The lowest BCUT2D eigenvalue weighted by Gasteiger charge is -2.10. The normalized spacial score (nSPS) is 12.2. The van der Waals surface area contributed by atoms with Crippen molar-refractivity contribution in [1.29, 1.82) is 0 Å². The SMILES string of the molecule is CC(C)n1cc(S(=O)(=O)NCc2ccsc2)cc1CN. The standard InChI is InChI=1S/C13H19N3O2S2/c1-10(2)16-8-13(5-12(16)6-14)20(17,18)15-7-11-3-4-19-9-11/h3-5,8-10,15H,6-7,14H2,1-2H3. The Kier molecular flexibility index (Phi) is 4.64. The summed E-state index contributed by atoms with van der Waals surface area (Å²) in [5.41, 5.74) is 7.44. The highest BCUT2D eigenvalue weighted by Gasteiger charge is 2.18. The van der Waals surface area contributed by atoms with E-state index in [1.165, 1.54) is 0 Å². The van der Waals surface area contributed by atoms with Crippen molar-refractivity contribution in [1.82, 2.24) is 9.29 Å². The zero-order chi connectivity index (χ0) is 14.8. The molecule has 2 rings (SSSR count). The summed E-state index contributed by atoms with van der Waals surface area (Å²) in [6.07, 6.45) is 1.64. The fraction of sp³-hybridized carbons (Fsp3) is 0.385. The third-order valence-corrected chi connectivity index (χ3v) is 5.13. The minimum atomic E-state index is -3.50. The summed E-state index contributed by atoms with van der Waals surface area (Å²) < 4.78 is 29.0. The van der Waals surface area contributed by atoms with E-state index in [-0.39, 0.29) is 10.9 Å². The zero-order valence-corrected chi connectivity index (χ0v) is 13.2. The second-order valence-electron chi connectivity index (χ2n) is 4.83. The molecule has 20 heavy (non-hydrogen) atoms. The van der Waals surface area contributed by atoms with Crippen LogP contribution in [0.5, 0.6) is 0 Å². The Morgan fingerprint density at radius 1 is 1.45 bits per heavy atom. The Bertz CT molecular complexity index is 658. The zero-order valence-electron chi connectivity index (χ0n) is 11.5. The first-order chi connectivity index (χ1) is 9.44. The summed E-state index contributed by atoms with van der Waals surface area (Å²) in [5, 5.41) is 3.85. The van der Waals surface area contributed by atoms with Gasteiger partial charge in [-0.25, -0.2) is 13.1 Å². The van der Waals surface area contributed by atoms with Gasteiger partial charge in [-0.2, -0.15) is 11.3 Å². The first-order valence-corrected chi connectivity index (χ1v) is 8.78. The quantitative estimate of drug-likeness (QED) is 0.857. The lowest BCUT2D eigenvalue weighted by molar-refractivity contribution is 0.569. The molecule has 0 aliphatic heterocycles. The fourth-order valence-corrected chi connectivity index (χ4v) is 3.68. The predicted molar refractivity (Wildman–Crippen MR) is 81.1 cm³/mol. The number of hydrogen-bond donors (Lipinski definition) is 2. The third kappa shape index (κ3) is 3.29. The molecular weight excluding hydrogens is 294 g/mol. The molecule has 0 saturated carbocycles. The van der Waals surface area contributed by atoms with E-state index in [9.17, 15) is 8.42 Å². The highest BCUT2D eigenvalue weighted by atomic mass is 32.2. The molecule has 0 unspecified atom stereocenters. The summed E-state index contributed by atoms with van der Waals surface area (Å²) in [6.45, 7) is 4.61. The van der Waals surface area contributed by atoms with Gasteiger partial charge in [0.15, 0.2) is 0 Å². The Morgan fingerprint density at radius 2 is 2.20 bits per heavy atom. The topological polar surface area (TPSA) is 77.1 Å². The van der Waals surface area contributed by atoms with Gasteiger partial charge in [-0.3, -0.25) is 0 Å². The van der Waals surface area contributed by atoms with Crippen molar-refractivity contribution in [3.8, 4) is 0 Å². The Morgan fingerprint density at radius 3 is 2.70 bits per heavy atom. The van der Waals surface area contributed by atoms with Crippen LogP contribution < -0.4 is 10.5 Å². The number of rotatable bonds is 6. The van der Waals surface area contributed by atoms with Gasteiger partial charge in [0.05, 0.1) is 4.90 Å². The fourth-order valence-electron chi connectivity index (χ4n) is 1.94. The number of nitrogens with two attached hydrogens (primary N) is 1. The molecule has 0 aliphatic carbocycles. The van der Waals surface area contributed by atoms with Crippen molar-refractivity contribution in [2.45, 2.75) is 37.9 Å². The molecule has 2 aromatic rings. The number of sulfonamides is 1. The van der Waals surface area contributed by atoms with E-state index in [0.717, 1.165) is 11.3 Å². The average Bonchev–Trinajstić information content (AvgIpc) is 3.05. The lowest BCUT2D eigenvalue weighted by atomic mass is 10.3. The maximum atomic E-state index is 12.3. The molecule has 0 atom stereocenters. The number of nitrogens with one attached hydrogen (secondary N) is 1. The van der Waals surface area contributed by atoms with Crippen molar-refractivity contribution in [2.24, 2.45) is 5.73 Å². The molecule has 0 aliphatic rings. The molecule has 0 radical (unpaired) electrons. The lowest BCUT2D eigenvalue weighted by Crippen LogP contribution is -2.22. The molecule has 5 nitrogen and oxygen atoms in total. The maximum absolute atomic E-state index is 12.3. The monoisotopic (exact) mass is 313 g/mol. The first kappa shape index (κ1) is 15.2. The molecule has 110 valence electrons. The molecule has 2 aromatic heterocycles. The first-order valence-electron chi connectivity index (χ1n) is 6.35. The van der Waals surface area contributed by atoms with Crippen LogP contribution >= 0.6 is 11.3 Å². The van der Waals surface area contributed by atoms with Gasteiger partial charge in [0, 0.05) is 31.0 Å². The highest BCUT2D eigenvalue weighted by molar-refractivity contribution is 7.89. The van der Waals surface area contributed by atoms with Crippen LogP contribution in [0.2, 0.25) is 0 Å². The van der Waals surface area contributed by atoms with Gasteiger partial charge in [0.1, 0.15) is 0 Å². The molecule has 0 bridgehead atoms. The van der Waals surface area contributed by atoms with E-state index in [2.05, 4.69) is 4.72 Å². The Hall–Kier alpha value is -1.15. The van der Waals surface area contributed by atoms with Gasteiger partial charge < -0.3 is 10.3 Å². The van der Waals surface area contributed by atoms with Crippen molar-refractivity contribution < 1.29 is 8.42 Å². The molecule has 2 heterocycles. The van der Waals surface area contributed by atoms with Crippen LogP contribution in [0.1, 0.15) is 31.1 Å². The van der Waals surface area contributed by atoms with Gasteiger partial charge in [-0.05, 0) is 42.3 Å². The van der Waals surface area contributed by atoms with Crippen molar-refractivity contribution in [3.63, 3.8) is 0 Å². The van der Waals surface area contributed by atoms with Crippen LogP contribution in [0.4, 0.5) is 0 Å². The van der Waals surface area contributed by atoms with E-state index in [1.54, 1.807) is 23.6 Å². The van der Waals surface area contributed by atoms with Gasteiger partial charge in [-0.1, -0.05) is 0 Å². The molecule has 0 amide bonds. The Labute approximate surface area is 123 Å². The van der Waals surface area contributed by atoms with Crippen LogP contribution in [0.25, 0.3) is 0 Å². The smallest absolute Gasteiger partial charge is 0.242 e. The summed E-state index contributed by atoms with van der Waals surface area (Å²) in [5.74, 6) is 0. The molecule has 0 aromatic carbocycles. The summed E-state index contributed by atoms with van der Waals surface area (Å²) >= 11 is 1.54. The van der Waals surface area contributed by atoms with E-state index < -0.39 is 10.0 Å². The van der Waals surface area contributed by atoms with Crippen LogP contribution in [-0.4, -0.2) is 13.0 Å². The van der Waals surface area contributed by atoms with Gasteiger partial charge >= 0.3 is 0 Å². The second-order valence-corrected chi connectivity index (χ2v) is 7.38. The summed E-state index contributed by atoms with van der Waals surface area (Å²) in [7, 11) is -3.50. The molecular formula is C13H19N3O2S2. The Balaban J connectivity index is 2.21. The molecule has 0 fully saturated rings. The summed E-state index contributed by atoms with van der Waals surface area (Å²) in [4.78, 5) is 0.266. The van der Waals surface area contributed by atoms with Crippen LogP contribution in [0, 0.1) is 0 Å². The summed E-state index contributed by atoms with van der Waals surface area (Å²) in [6, 6.07) is 3.71. The van der Waals surface area contributed by atoms with Crippen molar-refractivity contribution in [3.05, 3.63) is 40.3 Å². The maximum Gasteiger partial charge on any atom is 0.242 e. The van der Waals surface area contributed by atoms with Gasteiger partial charge in [-0.15, -0.1) is 0 Å². The number of thiophene rings is 1. The van der Waals surface area contributed by atoms with Gasteiger partial charge in [0.2, 0.25) is 10.0 Å². The van der Waals surface area contributed by atoms with E-state index in [4.69, 9.17) is 5.73 Å². The number of hydrogen-bond acceptors (Lipinski definition) is 4. The van der Waals surface area contributed by atoms with E-state index in [0.29, 0.717) is 13.1 Å². The van der Waals surface area contributed by atoms with E-state index >= 15 is 0 Å². The predicted octanol–water partition coefficient (Wildman–Crippen LogP) is 2.07. The minimum Gasteiger partial charge on any atom is -0.346 e. The average molecular weight is 313 g/mol. The second kappa shape index (κ2) is 6.09. The molecule has 3 N–H and O–H groups in total. The molecule has 0 saturated heterocycles. The van der Waals surface area contributed by atoms with Crippen molar-refractivity contribution >= 4 is 21.4 Å². The minimum absolute atomic E-state index is 0.175. The number of aromatic nitrogens is 1. The van der Waals surface area contributed by atoms with Crippen LogP contribution in [-0.2, 0) is 23.1 Å². The molecule has 7 heteroatoms.